The molecule has 0 fully saturated rings. The third kappa shape index (κ3) is 3.97. The zero-order valence-corrected chi connectivity index (χ0v) is 13.4. The highest BCUT2D eigenvalue weighted by atomic mass is 35.5. The molecule has 0 aromatic heterocycles. The average Bonchev–Trinajstić information content (AvgIpc) is 2.40. The predicted molar refractivity (Wildman–Crippen MR) is 86.1 cm³/mol. The summed E-state index contributed by atoms with van der Waals surface area (Å²) in [4.78, 5) is 0.0949. The van der Waals surface area contributed by atoms with Gasteiger partial charge >= 0.3 is 0 Å². The molecule has 0 saturated carbocycles. The lowest BCUT2D eigenvalue weighted by molar-refractivity contribution is 0.598. The summed E-state index contributed by atoms with van der Waals surface area (Å²) in [6.07, 6.45) is 0. The van der Waals surface area contributed by atoms with Crippen molar-refractivity contribution in [1.82, 2.24) is 0 Å². The molecule has 0 unspecified atom stereocenters. The van der Waals surface area contributed by atoms with E-state index in [1.807, 2.05) is 32.0 Å². The topological polar surface area (TPSA) is 72.2 Å². The Morgan fingerprint density at radius 2 is 1.76 bits per heavy atom. The molecular formula is C15H17ClN2O2S. The van der Waals surface area contributed by atoms with Crippen LogP contribution in [0.1, 0.15) is 16.7 Å². The molecule has 0 amide bonds. The molecule has 2 aromatic rings. The molecule has 4 nitrogen and oxygen atoms in total. The standard InChI is InChI=1S/C15H17ClN2O2S/c1-10-3-5-12(7-14(10)16)9-18-15-8-13(21(17,19)20)6-4-11(15)2/h3-8,18H,9H2,1-2H3,(H2,17,19,20). The molecule has 0 spiro atoms. The summed E-state index contributed by atoms with van der Waals surface area (Å²) in [6.45, 7) is 4.39. The van der Waals surface area contributed by atoms with Crippen molar-refractivity contribution in [2.24, 2.45) is 5.14 Å². The Balaban J connectivity index is 2.21. The molecule has 0 radical (unpaired) electrons. The van der Waals surface area contributed by atoms with Crippen molar-refractivity contribution in [1.29, 1.82) is 0 Å². The van der Waals surface area contributed by atoms with E-state index < -0.39 is 10.0 Å². The van der Waals surface area contributed by atoms with Gasteiger partial charge < -0.3 is 5.32 Å². The van der Waals surface area contributed by atoms with E-state index in [1.165, 1.54) is 6.07 Å². The van der Waals surface area contributed by atoms with Gasteiger partial charge in [0.15, 0.2) is 0 Å². The summed E-state index contributed by atoms with van der Waals surface area (Å²) in [5, 5.41) is 9.07. The Morgan fingerprint density at radius 1 is 1.10 bits per heavy atom. The molecule has 0 aliphatic rings. The number of halogens is 1. The first-order valence-electron chi connectivity index (χ1n) is 6.40. The minimum absolute atomic E-state index is 0.0949. The molecule has 0 aliphatic carbocycles. The van der Waals surface area contributed by atoms with Crippen LogP contribution in [0.2, 0.25) is 5.02 Å². The highest BCUT2D eigenvalue weighted by Crippen LogP contribution is 2.21. The monoisotopic (exact) mass is 324 g/mol. The van der Waals surface area contributed by atoms with Crippen LogP contribution in [0, 0.1) is 13.8 Å². The van der Waals surface area contributed by atoms with E-state index in [2.05, 4.69) is 5.32 Å². The van der Waals surface area contributed by atoms with E-state index in [1.54, 1.807) is 12.1 Å². The van der Waals surface area contributed by atoms with Crippen molar-refractivity contribution in [2.75, 3.05) is 5.32 Å². The lowest BCUT2D eigenvalue weighted by atomic mass is 10.1. The van der Waals surface area contributed by atoms with Crippen LogP contribution in [0.25, 0.3) is 0 Å². The van der Waals surface area contributed by atoms with Crippen molar-refractivity contribution >= 4 is 27.3 Å². The van der Waals surface area contributed by atoms with E-state index in [0.29, 0.717) is 11.6 Å². The van der Waals surface area contributed by atoms with E-state index >= 15 is 0 Å². The predicted octanol–water partition coefficient (Wildman–Crippen LogP) is 3.22. The zero-order chi connectivity index (χ0) is 15.6. The fraction of sp³-hybridized carbons (Fsp3) is 0.200. The van der Waals surface area contributed by atoms with Crippen LogP contribution < -0.4 is 10.5 Å². The summed E-state index contributed by atoms with van der Waals surface area (Å²) in [5.74, 6) is 0. The van der Waals surface area contributed by atoms with Crippen molar-refractivity contribution in [2.45, 2.75) is 25.3 Å². The number of rotatable bonds is 4. The van der Waals surface area contributed by atoms with Gasteiger partial charge in [-0.2, -0.15) is 0 Å². The Kier molecular flexibility index (Phi) is 4.56. The van der Waals surface area contributed by atoms with Gasteiger partial charge in [0.1, 0.15) is 0 Å². The van der Waals surface area contributed by atoms with Crippen LogP contribution in [0.5, 0.6) is 0 Å². The number of hydrogen-bond acceptors (Lipinski definition) is 3. The Morgan fingerprint density at radius 3 is 2.38 bits per heavy atom. The number of primary sulfonamides is 1. The molecule has 2 aromatic carbocycles. The smallest absolute Gasteiger partial charge is 0.238 e. The van der Waals surface area contributed by atoms with Crippen molar-refractivity contribution in [3.05, 3.63) is 58.1 Å². The summed E-state index contributed by atoms with van der Waals surface area (Å²) in [5.41, 5.74) is 3.72. The number of anilines is 1. The van der Waals surface area contributed by atoms with Crippen LogP contribution in [0.4, 0.5) is 5.69 Å². The third-order valence-electron chi connectivity index (χ3n) is 3.26. The lowest BCUT2D eigenvalue weighted by Crippen LogP contribution is -2.13. The lowest BCUT2D eigenvalue weighted by Gasteiger charge is -2.12. The molecule has 6 heteroatoms. The van der Waals surface area contributed by atoms with Gasteiger partial charge in [-0.3, -0.25) is 0 Å². The molecule has 21 heavy (non-hydrogen) atoms. The first kappa shape index (κ1) is 15.8. The minimum Gasteiger partial charge on any atom is -0.381 e. The van der Waals surface area contributed by atoms with Crippen molar-refractivity contribution < 1.29 is 8.42 Å². The maximum Gasteiger partial charge on any atom is 0.238 e. The SMILES string of the molecule is Cc1ccc(CNc2cc(S(N)(=O)=O)ccc2C)cc1Cl. The van der Waals surface area contributed by atoms with Gasteiger partial charge in [-0.15, -0.1) is 0 Å². The number of aryl methyl sites for hydroxylation is 2. The second kappa shape index (κ2) is 6.05. The van der Waals surface area contributed by atoms with Gasteiger partial charge in [0.2, 0.25) is 10.0 Å². The summed E-state index contributed by atoms with van der Waals surface area (Å²) < 4.78 is 22.8. The van der Waals surface area contributed by atoms with Gasteiger partial charge in [-0.05, 0) is 48.7 Å². The summed E-state index contributed by atoms with van der Waals surface area (Å²) in [7, 11) is -3.70. The molecule has 0 atom stereocenters. The minimum atomic E-state index is -3.70. The fourth-order valence-corrected chi connectivity index (χ4v) is 2.66. The first-order chi connectivity index (χ1) is 9.77. The molecule has 112 valence electrons. The third-order valence-corrected chi connectivity index (χ3v) is 4.57. The maximum absolute atomic E-state index is 11.4. The second-order valence-corrected chi connectivity index (χ2v) is 6.93. The van der Waals surface area contributed by atoms with Gasteiger partial charge in [0, 0.05) is 17.3 Å². The van der Waals surface area contributed by atoms with E-state index in [4.69, 9.17) is 16.7 Å². The molecule has 3 N–H and O–H groups in total. The normalized spacial score (nSPS) is 11.4. The van der Waals surface area contributed by atoms with Crippen LogP contribution in [0.3, 0.4) is 0 Å². The first-order valence-corrected chi connectivity index (χ1v) is 8.32. The Bertz CT molecular complexity index is 773. The van der Waals surface area contributed by atoms with E-state index in [9.17, 15) is 8.42 Å². The summed E-state index contributed by atoms with van der Waals surface area (Å²) >= 11 is 6.09. The highest BCUT2D eigenvalue weighted by molar-refractivity contribution is 7.89. The molecule has 2 rings (SSSR count). The van der Waals surface area contributed by atoms with Crippen molar-refractivity contribution in [3.8, 4) is 0 Å². The van der Waals surface area contributed by atoms with Crippen LogP contribution >= 0.6 is 11.6 Å². The highest BCUT2D eigenvalue weighted by Gasteiger charge is 2.10. The van der Waals surface area contributed by atoms with Crippen LogP contribution in [0.15, 0.2) is 41.3 Å². The number of hydrogen-bond donors (Lipinski definition) is 2. The number of sulfonamides is 1. The van der Waals surface area contributed by atoms with Gasteiger partial charge in [0.25, 0.3) is 0 Å². The maximum atomic E-state index is 11.4. The van der Waals surface area contributed by atoms with Gasteiger partial charge in [-0.1, -0.05) is 29.8 Å². The Hall–Kier alpha value is -1.56. The zero-order valence-electron chi connectivity index (χ0n) is 11.9. The Labute approximate surface area is 130 Å². The van der Waals surface area contributed by atoms with Crippen LogP contribution in [-0.2, 0) is 16.6 Å². The number of nitrogens with one attached hydrogen (secondary N) is 1. The molecule has 0 bridgehead atoms. The average molecular weight is 325 g/mol. The summed E-state index contributed by atoms with van der Waals surface area (Å²) in [6, 6.07) is 10.6. The van der Waals surface area contributed by atoms with Gasteiger partial charge in [-0.25, -0.2) is 13.6 Å². The number of benzene rings is 2. The molecule has 0 heterocycles. The van der Waals surface area contributed by atoms with Gasteiger partial charge in [0.05, 0.1) is 4.90 Å². The quantitative estimate of drug-likeness (QED) is 0.907. The van der Waals surface area contributed by atoms with Crippen LogP contribution in [-0.4, -0.2) is 8.42 Å². The van der Waals surface area contributed by atoms with E-state index in [0.717, 1.165) is 22.4 Å². The molecule has 0 saturated heterocycles. The van der Waals surface area contributed by atoms with E-state index in [-0.39, 0.29) is 4.90 Å². The van der Waals surface area contributed by atoms with Crippen molar-refractivity contribution in [3.63, 3.8) is 0 Å². The largest absolute Gasteiger partial charge is 0.381 e. The molecular weight excluding hydrogens is 308 g/mol. The molecule has 0 aliphatic heterocycles. The second-order valence-electron chi connectivity index (χ2n) is 4.96. The fourth-order valence-electron chi connectivity index (χ4n) is 1.91. The number of nitrogens with two attached hydrogens (primary N) is 1.